The van der Waals surface area contributed by atoms with Crippen LogP contribution in [0.3, 0.4) is 0 Å². The van der Waals surface area contributed by atoms with Crippen LogP contribution < -0.4 is 15.4 Å². The number of urea groups is 1. The first-order valence-electron chi connectivity index (χ1n) is 8.42. The third-order valence-electron chi connectivity index (χ3n) is 4.10. The highest BCUT2D eigenvalue weighted by Gasteiger charge is 2.28. The Hall–Kier alpha value is -3.77. The van der Waals surface area contributed by atoms with Gasteiger partial charge in [0.1, 0.15) is 5.57 Å². The molecule has 0 spiro atoms. The Morgan fingerprint density at radius 1 is 1.03 bits per heavy atom. The lowest BCUT2D eigenvalue weighted by Crippen LogP contribution is -2.51. The lowest BCUT2D eigenvalue weighted by Gasteiger charge is -2.14. The third kappa shape index (κ3) is 3.86. The van der Waals surface area contributed by atoms with E-state index in [1.165, 1.54) is 35.7 Å². The van der Waals surface area contributed by atoms with Gasteiger partial charge < -0.3 is 4.57 Å². The smallest absolute Gasteiger partial charge is 0.317 e. The summed E-state index contributed by atoms with van der Waals surface area (Å²) in [5.41, 5.74) is 0.871. The second kappa shape index (κ2) is 7.57. The van der Waals surface area contributed by atoms with Gasteiger partial charge >= 0.3 is 6.03 Å². The molecule has 4 rings (SSSR count). The van der Waals surface area contributed by atoms with E-state index in [-0.39, 0.29) is 15.6 Å². The number of nitrogens with zero attached hydrogens (tertiary/aromatic N) is 2. The molecule has 0 aliphatic carbocycles. The first kappa shape index (κ1) is 19.5. The molecule has 1 aliphatic rings. The molecule has 0 radical (unpaired) electrons. The number of carbonyl (C=O) groups excluding carboxylic acids is 3. The summed E-state index contributed by atoms with van der Waals surface area (Å²) in [4.78, 5) is 39.0. The van der Waals surface area contributed by atoms with Gasteiger partial charge in [-0.3, -0.25) is 24.9 Å². The molecular formula is C18H13N5O5S2. The summed E-state index contributed by atoms with van der Waals surface area (Å²) in [5.74, 6) is -1.60. The lowest BCUT2D eigenvalue weighted by molar-refractivity contribution is -0.123. The topological polar surface area (TPSA) is 139 Å². The van der Waals surface area contributed by atoms with Crippen molar-refractivity contribution in [3.05, 3.63) is 65.4 Å². The fourth-order valence-electron chi connectivity index (χ4n) is 2.73. The summed E-state index contributed by atoms with van der Waals surface area (Å²) in [5, 5.41) is 5.94. The summed E-state index contributed by atoms with van der Waals surface area (Å²) < 4.78 is 29.0. The zero-order valence-corrected chi connectivity index (χ0v) is 16.7. The first-order valence-corrected chi connectivity index (χ1v) is 10.8. The van der Waals surface area contributed by atoms with Crippen LogP contribution in [0.4, 0.5) is 9.93 Å². The van der Waals surface area contributed by atoms with Gasteiger partial charge in [0.2, 0.25) is 0 Å². The van der Waals surface area contributed by atoms with E-state index in [1.54, 1.807) is 40.4 Å². The predicted molar refractivity (Wildman–Crippen MR) is 108 cm³/mol. The second-order valence-electron chi connectivity index (χ2n) is 6.04. The Balaban J connectivity index is 1.62. The zero-order chi connectivity index (χ0) is 21.3. The quantitative estimate of drug-likeness (QED) is 0.403. The van der Waals surface area contributed by atoms with Crippen LogP contribution in [0.5, 0.6) is 0 Å². The highest BCUT2D eigenvalue weighted by Crippen LogP contribution is 2.21. The van der Waals surface area contributed by atoms with Crippen LogP contribution in [0.25, 0.3) is 11.8 Å². The van der Waals surface area contributed by atoms with Crippen LogP contribution in [0.15, 0.2) is 64.6 Å². The Bertz CT molecular complexity index is 1250. The average Bonchev–Trinajstić information content (AvgIpc) is 3.36. The molecular weight excluding hydrogens is 430 g/mol. The first-order chi connectivity index (χ1) is 14.3. The fraction of sp³-hybridized carbons (Fsp3) is 0. The van der Waals surface area contributed by atoms with E-state index < -0.39 is 27.9 Å². The number of sulfonamides is 1. The molecule has 1 aliphatic heterocycles. The average molecular weight is 443 g/mol. The highest BCUT2D eigenvalue weighted by molar-refractivity contribution is 7.93. The maximum absolute atomic E-state index is 12.4. The SMILES string of the molecule is O=C1NC(=O)C(=Cc2cccn2-c2ccc(S(=O)(=O)Nc3nccs3)cc2)C(=O)N1. The van der Waals surface area contributed by atoms with Crippen molar-refractivity contribution in [1.29, 1.82) is 0 Å². The molecule has 0 bridgehead atoms. The number of hydrogen-bond acceptors (Lipinski definition) is 7. The lowest BCUT2D eigenvalue weighted by atomic mass is 10.1. The van der Waals surface area contributed by atoms with Gasteiger partial charge in [-0.25, -0.2) is 18.2 Å². The molecule has 1 saturated heterocycles. The molecule has 152 valence electrons. The molecule has 2 aromatic heterocycles. The number of barbiturate groups is 1. The van der Waals surface area contributed by atoms with E-state index in [0.717, 1.165) is 0 Å². The normalized spacial score (nSPS) is 14.3. The van der Waals surface area contributed by atoms with Crippen LogP contribution >= 0.6 is 11.3 Å². The number of amides is 4. The van der Waals surface area contributed by atoms with E-state index in [2.05, 4.69) is 9.71 Å². The van der Waals surface area contributed by atoms with E-state index >= 15 is 0 Å². The molecule has 0 atom stereocenters. The maximum atomic E-state index is 12.4. The van der Waals surface area contributed by atoms with Gasteiger partial charge in [-0.2, -0.15) is 0 Å². The number of imide groups is 2. The van der Waals surface area contributed by atoms with Crippen molar-refractivity contribution in [2.24, 2.45) is 0 Å². The van der Waals surface area contributed by atoms with Crippen LogP contribution in [-0.2, 0) is 19.6 Å². The monoisotopic (exact) mass is 443 g/mol. The van der Waals surface area contributed by atoms with Crippen molar-refractivity contribution < 1.29 is 22.8 Å². The summed E-state index contributed by atoms with van der Waals surface area (Å²) >= 11 is 1.17. The Labute approximate surface area is 174 Å². The minimum atomic E-state index is -3.78. The largest absolute Gasteiger partial charge is 0.328 e. The highest BCUT2D eigenvalue weighted by atomic mass is 32.2. The van der Waals surface area contributed by atoms with Crippen molar-refractivity contribution >= 4 is 50.4 Å². The Morgan fingerprint density at radius 3 is 2.37 bits per heavy atom. The zero-order valence-electron chi connectivity index (χ0n) is 15.0. The minimum absolute atomic E-state index is 0.0538. The third-order valence-corrected chi connectivity index (χ3v) is 6.27. The standard InChI is InChI=1S/C18H13N5O5S2/c24-15-14(16(25)21-17(26)20-15)10-12-2-1-8-23(12)11-3-5-13(6-4-11)30(27,28)22-18-19-7-9-29-18/h1-10H,(H,19,22)(H2,20,21,24,25,26). The van der Waals surface area contributed by atoms with Crippen LogP contribution in [0, 0.1) is 0 Å². The fourth-order valence-corrected chi connectivity index (χ4v) is 4.52. The molecule has 1 fully saturated rings. The molecule has 0 unspecified atom stereocenters. The number of thiazole rings is 1. The number of carbonyl (C=O) groups is 3. The predicted octanol–water partition coefficient (Wildman–Crippen LogP) is 1.48. The molecule has 10 nitrogen and oxygen atoms in total. The van der Waals surface area contributed by atoms with Gasteiger partial charge in [0.25, 0.3) is 21.8 Å². The summed E-state index contributed by atoms with van der Waals surface area (Å²) in [6.07, 6.45) is 4.52. The number of anilines is 1. The number of hydrogen-bond donors (Lipinski definition) is 3. The Kier molecular flexibility index (Phi) is 4.93. The van der Waals surface area contributed by atoms with Crippen molar-refractivity contribution in [3.63, 3.8) is 0 Å². The van der Waals surface area contributed by atoms with Crippen molar-refractivity contribution in [1.82, 2.24) is 20.2 Å². The number of nitrogens with one attached hydrogen (secondary N) is 3. The van der Waals surface area contributed by atoms with Crippen LogP contribution in [0.2, 0.25) is 0 Å². The van der Waals surface area contributed by atoms with Crippen molar-refractivity contribution in [2.45, 2.75) is 4.90 Å². The Morgan fingerprint density at radius 2 is 1.73 bits per heavy atom. The minimum Gasteiger partial charge on any atom is -0.317 e. The molecule has 3 N–H and O–H groups in total. The summed E-state index contributed by atoms with van der Waals surface area (Å²) in [6, 6.07) is 8.53. The molecule has 30 heavy (non-hydrogen) atoms. The maximum Gasteiger partial charge on any atom is 0.328 e. The van der Waals surface area contributed by atoms with E-state index in [9.17, 15) is 22.8 Å². The van der Waals surface area contributed by atoms with Gasteiger partial charge in [-0.15, -0.1) is 11.3 Å². The molecule has 4 amide bonds. The van der Waals surface area contributed by atoms with E-state index in [0.29, 0.717) is 11.4 Å². The van der Waals surface area contributed by atoms with E-state index in [4.69, 9.17) is 0 Å². The molecule has 12 heteroatoms. The summed E-state index contributed by atoms with van der Waals surface area (Å²) in [7, 11) is -3.78. The number of rotatable bonds is 5. The van der Waals surface area contributed by atoms with Gasteiger partial charge in [-0.1, -0.05) is 0 Å². The molecule has 1 aromatic carbocycles. The summed E-state index contributed by atoms with van der Waals surface area (Å²) in [6.45, 7) is 0. The van der Waals surface area contributed by atoms with Crippen LogP contribution in [0.1, 0.15) is 5.69 Å². The van der Waals surface area contributed by atoms with Crippen LogP contribution in [-0.4, -0.2) is 35.8 Å². The molecule has 0 saturated carbocycles. The molecule has 3 heterocycles. The number of aromatic nitrogens is 2. The van der Waals surface area contributed by atoms with Crippen molar-refractivity contribution in [2.75, 3.05) is 4.72 Å². The van der Waals surface area contributed by atoms with Gasteiger partial charge in [0, 0.05) is 29.2 Å². The second-order valence-corrected chi connectivity index (χ2v) is 8.61. The number of benzene rings is 1. The molecule has 3 aromatic rings. The van der Waals surface area contributed by atoms with Gasteiger partial charge in [-0.05, 0) is 42.5 Å². The van der Waals surface area contributed by atoms with Gasteiger partial charge in [0.05, 0.1) is 4.90 Å². The van der Waals surface area contributed by atoms with Crippen molar-refractivity contribution in [3.8, 4) is 5.69 Å². The van der Waals surface area contributed by atoms with E-state index in [1.807, 2.05) is 10.6 Å². The van der Waals surface area contributed by atoms with Gasteiger partial charge in [0.15, 0.2) is 5.13 Å².